The van der Waals surface area contributed by atoms with E-state index in [0.717, 1.165) is 0 Å². The predicted molar refractivity (Wildman–Crippen MR) is 47.5 cm³/mol. The lowest BCUT2D eigenvalue weighted by Crippen LogP contribution is -2.49. The summed E-state index contributed by atoms with van der Waals surface area (Å²) in [6.45, 7) is -0.239. The summed E-state index contributed by atoms with van der Waals surface area (Å²) >= 11 is 0. The summed E-state index contributed by atoms with van der Waals surface area (Å²) in [6.07, 6.45) is -4.15. The molecule has 0 amide bonds. The molecule has 1 saturated heterocycles. The first kappa shape index (κ1) is 11.8. The zero-order valence-electron chi connectivity index (χ0n) is 7.74. The number of aliphatic hydroxyl groups is 5. The third-order valence-electron chi connectivity index (χ3n) is 2.49. The van der Waals surface area contributed by atoms with Crippen molar-refractivity contribution in [3.63, 3.8) is 0 Å². The SMILES string of the molecule is OC[C@@H](O)[C@H](O)[C@@H](O)[C@@H]1C[C@H](O)CN1. The van der Waals surface area contributed by atoms with Crippen LogP contribution < -0.4 is 5.32 Å². The number of hydrogen-bond acceptors (Lipinski definition) is 6. The van der Waals surface area contributed by atoms with E-state index < -0.39 is 37.1 Å². The molecule has 5 atom stereocenters. The van der Waals surface area contributed by atoms with Crippen molar-refractivity contribution >= 4 is 0 Å². The van der Waals surface area contributed by atoms with Crippen LogP contribution in [0, 0.1) is 0 Å². The number of rotatable bonds is 4. The molecule has 6 heteroatoms. The molecule has 6 N–H and O–H groups in total. The molecule has 0 aliphatic carbocycles. The Balaban J connectivity index is 2.43. The van der Waals surface area contributed by atoms with Crippen molar-refractivity contribution in [1.29, 1.82) is 0 Å². The van der Waals surface area contributed by atoms with E-state index in [1.807, 2.05) is 0 Å². The van der Waals surface area contributed by atoms with Crippen LogP contribution in [0.3, 0.4) is 0 Å². The molecule has 0 radical (unpaired) electrons. The highest BCUT2D eigenvalue weighted by Gasteiger charge is 2.35. The van der Waals surface area contributed by atoms with Gasteiger partial charge in [0.2, 0.25) is 0 Å². The molecule has 1 heterocycles. The van der Waals surface area contributed by atoms with Gasteiger partial charge in [-0.05, 0) is 6.42 Å². The van der Waals surface area contributed by atoms with Crippen molar-refractivity contribution in [3.8, 4) is 0 Å². The summed E-state index contributed by atoms with van der Waals surface area (Å²) in [7, 11) is 0. The minimum atomic E-state index is -1.40. The van der Waals surface area contributed by atoms with Gasteiger partial charge in [-0.1, -0.05) is 0 Å². The predicted octanol–water partition coefficient (Wildman–Crippen LogP) is -3.22. The second-order valence-electron chi connectivity index (χ2n) is 3.64. The van der Waals surface area contributed by atoms with Crippen LogP contribution in [-0.2, 0) is 0 Å². The van der Waals surface area contributed by atoms with E-state index in [9.17, 15) is 10.2 Å². The molecule has 14 heavy (non-hydrogen) atoms. The van der Waals surface area contributed by atoms with E-state index in [1.54, 1.807) is 0 Å². The minimum Gasteiger partial charge on any atom is -0.394 e. The van der Waals surface area contributed by atoms with Gasteiger partial charge in [-0.3, -0.25) is 0 Å². The van der Waals surface area contributed by atoms with Crippen molar-refractivity contribution in [2.24, 2.45) is 0 Å². The van der Waals surface area contributed by atoms with Gasteiger partial charge < -0.3 is 30.8 Å². The normalized spacial score (nSPS) is 34.1. The first-order chi connectivity index (χ1) is 6.56. The Kier molecular flexibility index (Phi) is 4.24. The summed E-state index contributed by atoms with van der Waals surface area (Å²) in [5.74, 6) is 0. The van der Waals surface area contributed by atoms with E-state index in [0.29, 0.717) is 13.0 Å². The van der Waals surface area contributed by atoms with Crippen molar-refractivity contribution < 1.29 is 25.5 Å². The number of nitrogens with one attached hydrogen (secondary N) is 1. The number of aliphatic hydroxyl groups excluding tert-OH is 5. The zero-order valence-corrected chi connectivity index (χ0v) is 7.74. The molecule has 0 aromatic carbocycles. The maximum atomic E-state index is 9.54. The molecule has 0 bridgehead atoms. The maximum absolute atomic E-state index is 9.54. The second kappa shape index (κ2) is 5.01. The molecule has 1 aliphatic rings. The van der Waals surface area contributed by atoms with Gasteiger partial charge in [0.1, 0.15) is 12.2 Å². The Bertz CT molecular complexity index is 177. The van der Waals surface area contributed by atoms with E-state index in [2.05, 4.69) is 5.32 Å². The van der Waals surface area contributed by atoms with Crippen molar-refractivity contribution in [3.05, 3.63) is 0 Å². The fourth-order valence-corrected chi connectivity index (χ4v) is 1.58. The second-order valence-corrected chi connectivity index (χ2v) is 3.64. The van der Waals surface area contributed by atoms with Crippen molar-refractivity contribution in [1.82, 2.24) is 5.32 Å². The van der Waals surface area contributed by atoms with Crippen LogP contribution in [0.1, 0.15) is 6.42 Å². The van der Waals surface area contributed by atoms with Gasteiger partial charge in [0, 0.05) is 12.6 Å². The molecule has 6 nitrogen and oxygen atoms in total. The average molecular weight is 207 g/mol. The molecule has 0 spiro atoms. The molecule has 0 aromatic rings. The molecule has 0 saturated carbocycles. The van der Waals surface area contributed by atoms with Crippen molar-refractivity contribution in [2.75, 3.05) is 13.2 Å². The van der Waals surface area contributed by atoms with Gasteiger partial charge >= 0.3 is 0 Å². The smallest absolute Gasteiger partial charge is 0.109 e. The Morgan fingerprint density at radius 3 is 2.36 bits per heavy atom. The van der Waals surface area contributed by atoms with Crippen LogP contribution in [0.2, 0.25) is 0 Å². The highest BCUT2D eigenvalue weighted by atomic mass is 16.4. The standard InChI is InChI=1S/C8H17NO5/c10-3-6(12)8(14)7(13)5-1-4(11)2-9-5/h4-14H,1-3H2/t4-,5-,6+,7-,8-/m0/s1. The lowest BCUT2D eigenvalue weighted by atomic mass is 10.00. The van der Waals surface area contributed by atoms with E-state index in [4.69, 9.17) is 15.3 Å². The molecule has 1 aliphatic heterocycles. The molecule has 1 rings (SSSR count). The molecular formula is C8H17NO5. The van der Waals surface area contributed by atoms with Crippen LogP contribution >= 0.6 is 0 Å². The van der Waals surface area contributed by atoms with Gasteiger partial charge in [0.15, 0.2) is 0 Å². The quantitative estimate of drug-likeness (QED) is 0.289. The van der Waals surface area contributed by atoms with Crippen LogP contribution in [-0.4, -0.2) is 69.1 Å². The third-order valence-corrected chi connectivity index (χ3v) is 2.49. The Morgan fingerprint density at radius 1 is 1.29 bits per heavy atom. The lowest BCUT2D eigenvalue weighted by molar-refractivity contribution is -0.0858. The Hall–Kier alpha value is -0.240. The Morgan fingerprint density at radius 2 is 1.93 bits per heavy atom. The summed E-state index contributed by atoms with van der Waals surface area (Å²) < 4.78 is 0. The molecule has 0 aromatic heterocycles. The highest BCUT2D eigenvalue weighted by Crippen LogP contribution is 2.14. The average Bonchev–Trinajstić information content (AvgIpc) is 2.61. The molecule has 84 valence electrons. The summed E-state index contributed by atoms with van der Waals surface area (Å²) in [5.41, 5.74) is 0. The van der Waals surface area contributed by atoms with Gasteiger partial charge in [0.05, 0.1) is 18.8 Å². The van der Waals surface area contributed by atoms with Crippen LogP contribution in [0.5, 0.6) is 0 Å². The molecular weight excluding hydrogens is 190 g/mol. The zero-order chi connectivity index (χ0) is 10.7. The third kappa shape index (κ3) is 2.63. The largest absolute Gasteiger partial charge is 0.394 e. The molecule has 0 unspecified atom stereocenters. The van der Waals surface area contributed by atoms with Gasteiger partial charge in [-0.2, -0.15) is 0 Å². The monoisotopic (exact) mass is 207 g/mol. The fraction of sp³-hybridized carbons (Fsp3) is 1.00. The van der Waals surface area contributed by atoms with Gasteiger partial charge in [-0.25, -0.2) is 0 Å². The lowest BCUT2D eigenvalue weighted by Gasteiger charge is -2.26. The number of β-amino-alcohol motifs (C(OH)–C–C–N with tert-alkyl or cyclic N) is 1. The summed E-state index contributed by atoms with van der Waals surface area (Å²) in [5, 5.41) is 48.5. The van der Waals surface area contributed by atoms with E-state index in [-0.39, 0.29) is 0 Å². The van der Waals surface area contributed by atoms with Crippen LogP contribution in [0.15, 0.2) is 0 Å². The Labute approximate surface area is 81.8 Å². The minimum absolute atomic E-state index is 0.330. The van der Waals surface area contributed by atoms with Gasteiger partial charge in [-0.15, -0.1) is 0 Å². The maximum Gasteiger partial charge on any atom is 0.109 e. The fourth-order valence-electron chi connectivity index (χ4n) is 1.58. The number of hydrogen-bond donors (Lipinski definition) is 6. The summed E-state index contributed by atoms with van der Waals surface area (Å²) in [4.78, 5) is 0. The highest BCUT2D eigenvalue weighted by molar-refractivity contribution is 4.91. The first-order valence-electron chi connectivity index (χ1n) is 4.62. The van der Waals surface area contributed by atoms with Crippen LogP contribution in [0.25, 0.3) is 0 Å². The van der Waals surface area contributed by atoms with Crippen molar-refractivity contribution in [2.45, 2.75) is 36.9 Å². The topological polar surface area (TPSA) is 113 Å². The van der Waals surface area contributed by atoms with Crippen LogP contribution in [0.4, 0.5) is 0 Å². The molecule has 1 fully saturated rings. The van der Waals surface area contributed by atoms with Gasteiger partial charge in [0.25, 0.3) is 0 Å². The first-order valence-corrected chi connectivity index (χ1v) is 4.62. The van der Waals surface area contributed by atoms with E-state index in [1.165, 1.54) is 0 Å². The van der Waals surface area contributed by atoms with E-state index >= 15 is 0 Å². The summed E-state index contributed by atoms with van der Waals surface area (Å²) in [6, 6.07) is -0.443.